The van der Waals surface area contributed by atoms with Crippen LogP contribution in [0.4, 0.5) is 0 Å². The summed E-state index contributed by atoms with van der Waals surface area (Å²) in [5, 5.41) is 0. The van der Waals surface area contributed by atoms with Crippen LogP contribution in [-0.2, 0) is 14.2 Å². The number of hydrogen-bond acceptors (Lipinski definition) is 3. The van der Waals surface area contributed by atoms with E-state index in [1.807, 2.05) is 13.8 Å². The third kappa shape index (κ3) is 2.15. The minimum absolute atomic E-state index is 0.0532. The normalized spacial score (nSPS) is 15.0. The van der Waals surface area contributed by atoms with Crippen LogP contribution < -0.4 is 0 Å². The van der Waals surface area contributed by atoms with Gasteiger partial charge in [-0.1, -0.05) is 6.92 Å². The van der Waals surface area contributed by atoms with Gasteiger partial charge in [-0.25, -0.2) is 0 Å². The molecule has 68 valence electrons. The Kier molecular flexibility index (Phi) is 4.65. The highest BCUT2D eigenvalue weighted by Crippen LogP contribution is 2.22. The van der Waals surface area contributed by atoms with Crippen molar-refractivity contribution in [2.45, 2.75) is 32.2 Å². The third-order valence-electron chi connectivity index (χ3n) is 2.16. The molecule has 0 heterocycles. The van der Waals surface area contributed by atoms with Crippen molar-refractivity contribution in [1.29, 1.82) is 0 Å². The molecular weight excluding hydrogens is 144 g/mol. The zero-order valence-electron chi connectivity index (χ0n) is 8.01. The van der Waals surface area contributed by atoms with Gasteiger partial charge in [0, 0.05) is 27.8 Å². The molecule has 3 nitrogen and oxygen atoms in total. The van der Waals surface area contributed by atoms with Gasteiger partial charge in [0.2, 0.25) is 0 Å². The Hall–Kier alpha value is -0.120. The summed E-state index contributed by atoms with van der Waals surface area (Å²) >= 11 is 0. The molecule has 0 aromatic carbocycles. The maximum absolute atomic E-state index is 5.24. The summed E-state index contributed by atoms with van der Waals surface area (Å²) < 4.78 is 15.6. The zero-order valence-corrected chi connectivity index (χ0v) is 8.01. The smallest absolute Gasteiger partial charge is 0.193 e. The predicted octanol–water partition coefficient (Wildman–Crippen LogP) is 1.42. The van der Waals surface area contributed by atoms with E-state index in [-0.39, 0.29) is 6.10 Å². The van der Waals surface area contributed by atoms with Gasteiger partial charge in [-0.2, -0.15) is 0 Å². The van der Waals surface area contributed by atoms with Crippen molar-refractivity contribution < 1.29 is 14.2 Å². The highest BCUT2D eigenvalue weighted by Gasteiger charge is 2.34. The summed E-state index contributed by atoms with van der Waals surface area (Å²) in [5.41, 5.74) is 0. The van der Waals surface area contributed by atoms with E-state index in [4.69, 9.17) is 14.2 Å². The van der Waals surface area contributed by atoms with Crippen LogP contribution in [0.2, 0.25) is 0 Å². The van der Waals surface area contributed by atoms with E-state index < -0.39 is 5.79 Å². The first-order valence-corrected chi connectivity index (χ1v) is 3.80. The van der Waals surface area contributed by atoms with Gasteiger partial charge in [-0.3, -0.25) is 0 Å². The van der Waals surface area contributed by atoms with E-state index in [0.29, 0.717) is 0 Å². The standard InChI is InChI=1S/C8H18O3/c1-6-8(10-4,11-5)7(2)9-3/h7H,6H2,1-5H3. The first kappa shape index (κ1) is 10.9. The quantitative estimate of drug-likeness (QED) is 0.572. The fraction of sp³-hybridized carbons (Fsp3) is 1.00. The monoisotopic (exact) mass is 162 g/mol. The minimum Gasteiger partial charge on any atom is -0.376 e. The van der Waals surface area contributed by atoms with Crippen LogP contribution in [-0.4, -0.2) is 33.2 Å². The zero-order chi connectivity index (χ0) is 8.91. The molecule has 0 spiro atoms. The van der Waals surface area contributed by atoms with Crippen molar-refractivity contribution in [1.82, 2.24) is 0 Å². The Labute approximate surface area is 68.6 Å². The largest absolute Gasteiger partial charge is 0.376 e. The molecule has 11 heavy (non-hydrogen) atoms. The van der Waals surface area contributed by atoms with Crippen molar-refractivity contribution in [3.63, 3.8) is 0 Å². The molecule has 0 bridgehead atoms. The lowest BCUT2D eigenvalue weighted by atomic mass is 10.1. The summed E-state index contributed by atoms with van der Waals surface area (Å²) in [6, 6.07) is 0. The minimum atomic E-state index is -0.589. The van der Waals surface area contributed by atoms with Gasteiger partial charge in [-0.05, 0) is 6.92 Å². The van der Waals surface area contributed by atoms with Crippen LogP contribution in [0, 0.1) is 0 Å². The number of ether oxygens (including phenoxy) is 3. The molecule has 0 aliphatic rings. The molecule has 0 saturated heterocycles. The first-order chi connectivity index (χ1) is 5.16. The third-order valence-corrected chi connectivity index (χ3v) is 2.16. The van der Waals surface area contributed by atoms with E-state index in [1.54, 1.807) is 21.3 Å². The lowest BCUT2D eigenvalue weighted by Crippen LogP contribution is -2.44. The summed E-state index contributed by atoms with van der Waals surface area (Å²) in [7, 11) is 4.90. The molecule has 1 unspecified atom stereocenters. The van der Waals surface area contributed by atoms with Crippen LogP contribution in [0.3, 0.4) is 0 Å². The van der Waals surface area contributed by atoms with Gasteiger partial charge >= 0.3 is 0 Å². The maximum atomic E-state index is 5.24. The van der Waals surface area contributed by atoms with Gasteiger partial charge in [0.15, 0.2) is 5.79 Å². The number of hydrogen-bond donors (Lipinski definition) is 0. The Bertz CT molecular complexity index is 91.2. The van der Waals surface area contributed by atoms with Crippen molar-refractivity contribution in [3.8, 4) is 0 Å². The second-order valence-corrected chi connectivity index (χ2v) is 2.45. The van der Waals surface area contributed by atoms with E-state index in [9.17, 15) is 0 Å². The Balaban J connectivity index is 4.26. The molecule has 0 aliphatic carbocycles. The van der Waals surface area contributed by atoms with Gasteiger partial charge in [-0.15, -0.1) is 0 Å². The van der Waals surface area contributed by atoms with E-state index in [0.717, 1.165) is 6.42 Å². The van der Waals surface area contributed by atoms with Crippen molar-refractivity contribution in [2.75, 3.05) is 21.3 Å². The van der Waals surface area contributed by atoms with Gasteiger partial charge in [0.05, 0.1) is 0 Å². The fourth-order valence-electron chi connectivity index (χ4n) is 1.17. The molecule has 1 atom stereocenters. The molecule has 0 rings (SSSR count). The molecule has 0 fully saturated rings. The molecule has 3 heteroatoms. The molecule has 0 aliphatic heterocycles. The van der Waals surface area contributed by atoms with Crippen LogP contribution >= 0.6 is 0 Å². The van der Waals surface area contributed by atoms with Crippen molar-refractivity contribution in [3.05, 3.63) is 0 Å². The number of methoxy groups -OCH3 is 3. The first-order valence-electron chi connectivity index (χ1n) is 3.80. The Morgan fingerprint density at radius 3 is 1.73 bits per heavy atom. The van der Waals surface area contributed by atoms with Gasteiger partial charge in [0.25, 0.3) is 0 Å². The predicted molar refractivity (Wildman–Crippen MR) is 43.5 cm³/mol. The van der Waals surface area contributed by atoms with Crippen LogP contribution in [0.1, 0.15) is 20.3 Å². The summed E-state index contributed by atoms with van der Waals surface area (Å²) in [5.74, 6) is -0.589. The average molecular weight is 162 g/mol. The second-order valence-electron chi connectivity index (χ2n) is 2.45. The Morgan fingerprint density at radius 1 is 1.18 bits per heavy atom. The SMILES string of the molecule is CCC(OC)(OC)C(C)OC. The molecule has 0 aromatic rings. The lowest BCUT2D eigenvalue weighted by molar-refractivity contribution is -0.261. The molecule has 0 amide bonds. The highest BCUT2D eigenvalue weighted by atomic mass is 16.7. The van der Waals surface area contributed by atoms with E-state index in [2.05, 4.69) is 0 Å². The van der Waals surface area contributed by atoms with Gasteiger partial charge < -0.3 is 14.2 Å². The van der Waals surface area contributed by atoms with E-state index >= 15 is 0 Å². The molecular formula is C8H18O3. The second kappa shape index (κ2) is 4.70. The fourth-order valence-corrected chi connectivity index (χ4v) is 1.17. The molecule has 0 radical (unpaired) electrons. The van der Waals surface area contributed by atoms with Crippen LogP contribution in [0.25, 0.3) is 0 Å². The Morgan fingerprint density at radius 2 is 1.64 bits per heavy atom. The lowest BCUT2D eigenvalue weighted by Gasteiger charge is -2.34. The molecule has 0 N–H and O–H groups in total. The topological polar surface area (TPSA) is 27.7 Å². The average Bonchev–Trinajstić information content (AvgIpc) is 2.08. The van der Waals surface area contributed by atoms with Crippen LogP contribution in [0.5, 0.6) is 0 Å². The molecule has 0 saturated carbocycles. The summed E-state index contributed by atoms with van der Waals surface area (Å²) in [6.45, 7) is 3.93. The maximum Gasteiger partial charge on any atom is 0.193 e. The highest BCUT2D eigenvalue weighted by molar-refractivity contribution is 4.74. The van der Waals surface area contributed by atoms with E-state index in [1.165, 1.54) is 0 Å². The summed E-state index contributed by atoms with van der Waals surface area (Å²) in [6.07, 6.45) is 0.720. The van der Waals surface area contributed by atoms with Crippen molar-refractivity contribution >= 4 is 0 Å². The van der Waals surface area contributed by atoms with Gasteiger partial charge in [0.1, 0.15) is 6.10 Å². The molecule has 0 aromatic heterocycles. The van der Waals surface area contributed by atoms with Crippen LogP contribution in [0.15, 0.2) is 0 Å². The summed E-state index contributed by atoms with van der Waals surface area (Å²) in [4.78, 5) is 0. The number of rotatable bonds is 5. The van der Waals surface area contributed by atoms with Crippen molar-refractivity contribution in [2.24, 2.45) is 0 Å².